The fourth-order valence-electron chi connectivity index (χ4n) is 1.77. The molecule has 1 aliphatic rings. The molecule has 0 aromatic carbocycles. The van der Waals surface area contributed by atoms with Crippen molar-refractivity contribution < 1.29 is 9.59 Å². The number of allylic oxidation sites excluding steroid dienone is 6. The number of pyridine rings is 1. The van der Waals surface area contributed by atoms with Crippen LogP contribution in [-0.4, -0.2) is 16.7 Å². The average molecular weight is 269 g/mol. The van der Waals surface area contributed by atoms with E-state index in [1.807, 2.05) is 6.92 Å². The Bertz CT molecular complexity index is 601. The van der Waals surface area contributed by atoms with E-state index in [1.165, 1.54) is 6.08 Å². The van der Waals surface area contributed by atoms with Gasteiger partial charge in [0.05, 0.1) is 0 Å². The van der Waals surface area contributed by atoms with Gasteiger partial charge in [0.25, 0.3) is 5.91 Å². The first kappa shape index (κ1) is 13.7. The van der Waals surface area contributed by atoms with Crippen LogP contribution in [0.2, 0.25) is 0 Å². The Morgan fingerprint density at radius 2 is 1.85 bits per heavy atom. The summed E-state index contributed by atoms with van der Waals surface area (Å²) in [6.07, 6.45) is 10.4. The van der Waals surface area contributed by atoms with Gasteiger partial charge in [0, 0.05) is 29.2 Å². The van der Waals surface area contributed by atoms with Gasteiger partial charge in [-0.3, -0.25) is 20.0 Å². The van der Waals surface area contributed by atoms with Crippen molar-refractivity contribution in [2.75, 3.05) is 0 Å². The van der Waals surface area contributed by atoms with Gasteiger partial charge in [0.15, 0.2) is 5.78 Å². The van der Waals surface area contributed by atoms with Crippen LogP contribution in [0.5, 0.6) is 0 Å². The second-order valence-corrected chi connectivity index (χ2v) is 4.14. The Kier molecular flexibility index (Phi) is 4.44. The van der Waals surface area contributed by atoms with Crippen LogP contribution in [0.3, 0.4) is 0 Å². The van der Waals surface area contributed by atoms with Crippen molar-refractivity contribution in [2.45, 2.75) is 13.3 Å². The van der Waals surface area contributed by atoms with Crippen LogP contribution in [0.1, 0.15) is 23.7 Å². The average Bonchev–Trinajstić information content (AvgIpc) is 2.50. The molecule has 1 heterocycles. The monoisotopic (exact) mass is 269 g/mol. The second kappa shape index (κ2) is 6.47. The quantitative estimate of drug-likeness (QED) is 0.644. The number of amides is 1. The fraction of sp³-hybridized carbons (Fsp3) is 0.133. The van der Waals surface area contributed by atoms with Crippen molar-refractivity contribution in [1.82, 2.24) is 15.8 Å². The molecule has 1 amide bonds. The van der Waals surface area contributed by atoms with Gasteiger partial charge in [-0.1, -0.05) is 19.1 Å². The van der Waals surface area contributed by atoms with E-state index in [2.05, 4.69) is 15.8 Å². The lowest BCUT2D eigenvalue weighted by molar-refractivity contribution is -0.111. The lowest BCUT2D eigenvalue weighted by Gasteiger charge is -2.14. The summed E-state index contributed by atoms with van der Waals surface area (Å²) in [5.74, 6) is -0.350. The van der Waals surface area contributed by atoms with E-state index in [9.17, 15) is 9.59 Å². The summed E-state index contributed by atoms with van der Waals surface area (Å²) in [4.78, 5) is 27.5. The Labute approximate surface area is 117 Å². The molecule has 1 aromatic rings. The molecule has 0 saturated heterocycles. The molecule has 0 fully saturated rings. The van der Waals surface area contributed by atoms with Crippen molar-refractivity contribution in [1.29, 1.82) is 0 Å². The SMILES string of the molecule is CC/C(NNC(=O)c1ccncc1)=C1\C=CC=CC1=O. The van der Waals surface area contributed by atoms with Gasteiger partial charge in [-0.05, 0) is 30.7 Å². The zero-order valence-electron chi connectivity index (χ0n) is 11.1. The molecular weight excluding hydrogens is 254 g/mol. The highest BCUT2D eigenvalue weighted by Gasteiger charge is 2.12. The first-order valence-electron chi connectivity index (χ1n) is 6.31. The number of rotatable bonds is 4. The highest BCUT2D eigenvalue weighted by atomic mass is 16.2. The molecule has 0 bridgehead atoms. The number of nitrogens with zero attached hydrogens (tertiary/aromatic N) is 1. The van der Waals surface area contributed by atoms with Crippen LogP contribution in [0.4, 0.5) is 0 Å². The number of ketones is 1. The second-order valence-electron chi connectivity index (χ2n) is 4.14. The van der Waals surface area contributed by atoms with Crippen LogP contribution in [-0.2, 0) is 4.79 Å². The van der Waals surface area contributed by atoms with E-state index in [1.54, 1.807) is 42.8 Å². The summed E-state index contributed by atoms with van der Waals surface area (Å²) in [6, 6.07) is 3.23. The molecule has 5 nitrogen and oxygen atoms in total. The van der Waals surface area contributed by atoms with Gasteiger partial charge in [0.2, 0.25) is 0 Å². The zero-order chi connectivity index (χ0) is 14.4. The van der Waals surface area contributed by atoms with Crippen molar-refractivity contribution in [3.05, 3.63) is 65.7 Å². The van der Waals surface area contributed by atoms with Gasteiger partial charge in [-0.2, -0.15) is 0 Å². The van der Waals surface area contributed by atoms with Crippen LogP contribution < -0.4 is 10.9 Å². The minimum absolute atomic E-state index is 0.0741. The molecule has 2 rings (SSSR count). The summed E-state index contributed by atoms with van der Waals surface area (Å²) in [6.45, 7) is 1.91. The van der Waals surface area contributed by atoms with E-state index in [0.717, 1.165) is 0 Å². The van der Waals surface area contributed by atoms with Crippen molar-refractivity contribution >= 4 is 11.7 Å². The molecular formula is C15H15N3O2. The fourth-order valence-corrected chi connectivity index (χ4v) is 1.77. The maximum atomic E-state index is 11.9. The predicted octanol–water partition coefficient (Wildman–Crippen LogP) is 1.68. The summed E-state index contributed by atoms with van der Waals surface area (Å²) < 4.78 is 0. The van der Waals surface area contributed by atoms with Crippen molar-refractivity contribution in [3.63, 3.8) is 0 Å². The largest absolute Gasteiger partial charge is 0.302 e. The number of hydrogen-bond donors (Lipinski definition) is 2. The summed E-state index contributed by atoms with van der Waals surface area (Å²) in [5.41, 5.74) is 7.14. The molecule has 0 aliphatic heterocycles. The van der Waals surface area contributed by atoms with Crippen LogP contribution in [0, 0.1) is 0 Å². The predicted molar refractivity (Wildman–Crippen MR) is 75.4 cm³/mol. The van der Waals surface area contributed by atoms with Crippen molar-refractivity contribution in [2.24, 2.45) is 0 Å². The number of aromatic nitrogens is 1. The van der Waals surface area contributed by atoms with Gasteiger partial charge < -0.3 is 5.43 Å². The summed E-state index contributed by atoms with van der Waals surface area (Å²) in [7, 11) is 0. The lowest BCUT2D eigenvalue weighted by Crippen LogP contribution is -2.37. The first-order chi connectivity index (χ1) is 9.72. The van der Waals surface area contributed by atoms with Crippen LogP contribution in [0.15, 0.2) is 60.1 Å². The van der Waals surface area contributed by atoms with Gasteiger partial charge in [-0.25, -0.2) is 0 Å². The Morgan fingerprint density at radius 1 is 1.15 bits per heavy atom. The van der Waals surface area contributed by atoms with E-state index in [-0.39, 0.29) is 11.7 Å². The molecule has 1 aliphatic carbocycles. The van der Waals surface area contributed by atoms with Crippen molar-refractivity contribution in [3.8, 4) is 0 Å². The molecule has 0 radical (unpaired) electrons. The minimum atomic E-state index is -0.276. The molecule has 0 spiro atoms. The van der Waals surface area contributed by atoms with Crippen LogP contribution in [0.25, 0.3) is 0 Å². The molecule has 102 valence electrons. The van der Waals surface area contributed by atoms with Gasteiger partial charge >= 0.3 is 0 Å². The topological polar surface area (TPSA) is 71.1 Å². The number of carbonyl (C=O) groups excluding carboxylic acids is 2. The minimum Gasteiger partial charge on any atom is -0.302 e. The summed E-state index contributed by atoms with van der Waals surface area (Å²) >= 11 is 0. The Hall–Kier alpha value is -2.69. The maximum Gasteiger partial charge on any atom is 0.269 e. The van der Waals surface area contributed by atoms with E-state index in [0.29, 0.717) is 23.3 Å². The third-order valence-corrected chi connectivity index (χ3v) is 2.84. The van der Waals surface area contributed by atoms with E-state index < -0.39 is 0 Å². The van der Waals surface area contributed by atoms with Crippen LogP contribution >= 0.6 is 0 Å². The standard InChI is InChI=1S/C15H15N3O2/c1-2-13(12-5-3-4-6-14(12)19)17-18-15(20)11-7-9-16-10-8-11/h3-10,17H,2H2,1H3,(H,18,20)/b13-12-. The normalized spacial score (nSPS) is 15.9. The molecule has 0 unspecified atom stereocenters. The maximum absolute atomic E-state index is 11.9. The lowest BCUT2D eigenvalue weighted by atomic mass is 10.0. The summed E-state index contributed by atoms with van der Waals surface area (Å²) in [5, 5.41) is 0. The molecule has 1 aromatic heterocycles. The highest BCUT2D eigenvalue weighted by molar-refractivity contribution is 6.07. The molecule has 5 heteroatoms. The molecule has 0 saturated carbocycles. The smallest absolute Gasteiger partial charge is 0.269 e. The number of carbonyl (C=O) groups is 2. The third-order valence-electron chi connectivity index (χ3n) is 2.84. The highest BCUT2D eigenvalue weighted by Crippen LogP contribution is 2.12. The third kappa shape index (κ3) is 3.20. The Balaban J connectivity index is 2.07. The molecule has 20 heavy (non-hydrogen) atoms. The first-order valence-corrected chi connectivity index (χ1v) is 6.31. The zero-order valence-corrected chi connectivity index (χ0v) is 11.1. The number of nitrogens with one attached hydrogen (secondary N) is 2. The molecule has 2 N–H and O–H groups in total. The van der Waals surface area contributed by atoms with Gasteiger partial charge in [0.1, 0.15) is 0 Å². The van der Waals surface area contributed by atoms with E-state index >= 15 is 0 Å². The number of hydrogen-bond acceptors (Lipinski definition) is 4. The molecule has 0 atom stereocenters. The Morgan fingerprint density at radius 3 is 2.50 bits per heavy atom. The van der Waals surface area contributed by atoms with Gasteiger partial charge in [-0.15, -0.1) is 0 Å². The van der Waals surface area contributed by atoms with E-state index in [4.69, 9.17) is 0 Å². The number of hydrazine groups is 1.